The van der Waals surface area contributed by atoms with Crippen LogP contribution in [0.15, 0.2) is 6.33 Å². The molecule has 0 aliphatic carbocycles. The number of aryl methyl sites for hydroxylation is 2. The maximum Gasteiger partial charge on any atom is 0.138 e. The van der Waals surface area contributed by atoms with Crippen molar-refractivity contribution in [2.24, 2.45) is 7.05 Å². The molecule has 1 N–H and O–H groups in total. The average Bonchev–Trinajstić information content (AvgIpc) is 2.94. The van der Waals surface area contributed by atoms with Crippen LogP contribution in [0.25, 0.3) is 0 Å². The monoisotopic (exact) mass is 276 g/mol. The maximum atomic E-state index is 4.50. The summed E-state index contributed by atoms with van der Waals surface area (Å²) in [7, 11) is 3.96. The van der Waals surface area contributed by atoms with E-state index in [-0.39, 0.29) is 6.04 Å². The van der Waals surface area contributed by atoms with Crippen LogP contribution in [0.5, 0.6) is 0 Å². The van der Waals surface area contributed by atoms with Gasteiger partial charge in [0.05, 0.1) is 5.69 Å². The van der Waals surface area contributed by atoms with E-state index < -0.39 is 0 Å². The van der Waals surface area contributed by atoms with E-state index in [0.29, 0.717) is 6.04 Å². The fourth-order valence-corrected chi connectivity index (χ4v) is 2.68. The minimum Gasteiger partial charge on any atom is -0.313 e. The number of nitrogens with zero attached hydrogens (tertiary/aromatic N) is 5. The molecule has 2 heterocycles. The van der Waals surface area contributed by atoms with Crippen LogP contribution < -0.4 is 5.32 Å². The third kappa shape index (κ3) is 2.60. The molecule has 2 aromatic rings. The minimum absolute atomic E-state index is 0.199. The quantitative estimate of drug-likeness (QED) is 0.903. The highest BCUT2D eigenvalue weighted by atomic mass is 15.3. The highest BCUT2D eigenvalue weighted by Gasteiger charge is 2.21. The lowest BCUT2D eigenvalue weighted by molar-refractivity contribution is 0.476. The first-order valence-electron chi connectivity index (χ1n) is 7.01. The molecule has 1 atom stereocenters. The van der Waals surface area contributed by atoms with Gasteiger partial charge >= 0.3 is 0 Å². The standard InChI is InChI=1S/C14H24N6/c1-9(2)20-13(16-8-17-20)7-12(15-5)14-10(3)18-19(6)11(14)4/h8-9,12,15H,7H2,1-6H3. The van der Waals surface area contributed by atoms with E-state index in [1.807, 2.05) is 23.5 Å². The summed E-state index contributed by atoms with van der Waals surface area (Å²) in [4.78, 5) is 4.40. The van der Waals surface area contributed by atoms with E-state index >= 15 is 0 Å². The van der Waals surface area contributed by atoms with Gasteiger partial charge < -0.3 is 5.32 Å². The molecule has 20 heavy (non-hydrogen) atoms. The molecule has 0 spiro atoms. The summed E-state index contributed by atoms with van der Waals surface area (Å²) in [5, 5.41) is 12.2. The van der Waals surface area contributed by atoms with Gasteiger partial charge in [0, 0.05) is 36.8 Å². The first-order valence-corrected chi connectivity index (χ1v) is 7.01. The van der Waals surface area contributed by atoms with E-state index in [2.05, 4.69) is 48.2 Å². The molecule has 6 heteroatoms. The summed E-state index contributed by atoms with van der Waals surface area (Å²) < 4.78 is 3.91. The smallest absolute Gasteiger partial charge is 0.138 e. The Morgan fingerprint density at radius 1 is 1.30 bits per heavy atom. The van der Waals surface area contributed by atoms with E-state index in [9.17, 15) is 0 Å². The van der Waals surface area contributed by atoms with Crippen molar-refractivity contribution in [2.45, 2.75) is 46.2 Å². The van der Waals surface area contributed by atoms with Gasteiger partial charge in [-0.2, -0.15) is 10.2 Å². The SMILES string of the molecule is CNC(Cc1ncnn1C(C)C)c1c(C)nn(C)c1C. The van der Waals surface area contributed by atoms with Crippen LogP contribution in [-0.2, 0) is 13.5 Å². The number of aromatic nitrogens is 5. The van der Waals surface area contributed by atoms with E-state index in [1.54, 1.807) is 6.33 Å². The second kappa shape index (κ2) is 5.75. The Morgan fingerprint density at radius 3 is 2.50 bits per heavy atom. The molecule has 2 aromatic heterocycles. The van der Waals surface area contributed by atoms with Gasteiger partial charge in [0.2, 0.25) is 0 Å². The second-order valence-corrected chi connectivity index (χ2v) is 5.47. The molecule has 0 saturated carbocycles. The van der Waals surface area contributed by atoms with E-state index in [1.165, 1.54) is 11.3 Å². The number of likely N-dealkylation sites (N-methyl/N-ethyl adjacent to an activating group) is 1. The van der Waals surface area contributed by atoms with Crippen LogP contribution >= 0.6 is 0 Å². The molecule has 0 saturated heterocycles. The number of hydrogen-bond acceptors (Lipinski definition) is 4. The van der Waals surface area contributed by atoms with Crippen molar-refractivity contribution in [3.63, 3.8) is 0 Å². The third-order valence-corrected chi connectivity index (χ3v) is 3.79. The lowest BCUT2D eigenvalue weighted by Gasteiger charge is -2.18. The van der Waals surface area contributed by atoms with Crippen LogP contribution in [0.2, 0.25) is 0 Å². The molecule has 0 aromatic carbocycles. The zero-order valence-corrected chi connectivity index (χ0v) is 13.2. The summed E-state index contributed by atoms with van der Waals surface area (Å²) in [6, 6.07) is 0.520. The first kappa shape index (κ1) is 14.7. The van der Waals surface area contributed by atoms with Gasteiger partial charge in [0.15, 0.2) is 0 Å². The highest BCUT2D eigenvalue weighted by molar-refractivity contribution is 5.29. The average molecular weight is 276 g/mol. The predicted molar refractivity (Wildman–Crippen MR) is 78.6 cm³/mol. The number of nitrogens with one attached hydrogen (secondary N) is 1. The zero-order valence-electron chi connectivity index (χ0n) is 13.2. The topological polar surface area (TPSA) is 60.6 Å². The summed E-state index contributed by atoms with van der Waals surface area (Å²) in [6.07, 6.45) is 2.44. The molecule has 110 valence electrons. The number of rotatable bonds is 5. The predicted octanol–water partition coefficient (Wildman–Crippen LogP) is 1.71. The molecule has 2 rings (SSSR count). The van der Waals surface area contributed by atoms with Crippen molar-refractivity contribution in [2.75, 3.05) is 7.05 Å². The normalized spacial score (nSPS) is 13.2. The van der Waals surface area contributed by atoms with Gasteiger partial charge in [-0.1, -0.05) is 0 Å². The van der Waals surface area contributed by atoms with Gasteiger partial charge in [0.25, 0.3) is 0 Å². The molecule has 0 fully saturated rings. The summed E-state index contributed by atoms with van der Waals surface area (Å²) in [6.45, 7) is 8.40. The molecule has 0 bridgehead atoms. The van der Waals surface area contributed by atoms with Gasteiger partial charge in [0.1, 0.15) is 12.2 Å². The fourth-order valence-electron chi connectivity index (χ4n) is 2.68. The number of hydrogen-bond donors (Lipinski definition) is 1. The lowest BCUT2D eigenvalue weighted by atomic mass is 10.0. The van der Waals surface area contributed by atoms with E-state index in [0.717, 1.165) is 17.9 Å². The van der Waals surface area contributed by atoms with Gasteiger partial charge in [-0.05, 0) is 34.7 Å². The van der Waals surface area contributed by atoms with Gasteiger partial charge in [-0.3, -0.25) is 4.68 Å². The van der Waals surface area contributed by atoms with E-state index in [4.69, 9.17) is 0 Å². The Balaban J connectivity index is 2.32. The Kier molecular flexibility index (Phi) is 4.23. The third-order valence-electron chi connectivity index (χ3n) is 3.79. The van der Waals surface area contributed by atoms with Crippen molar-refractivity contribution in [3.05, 3.63) is 29.1 Å². The second-order valence-electron chi connectivity index (χ2n) is 5.47. The fraction of sp³-hybridized carbons (Fsp3) is 0.643. The lowest BCUT2D eigenvalue weighted by Crippen LogP contribution is -2.23. The van der Waals surface area contributed by atoms with Crippen LogP contribution in [0.3, 0.4) is 0 Å². The Bertz CT molecular complexity index is 580. The molecular weight excluding hydrogens is 252 g/mol. The highest BCUT2D eigenvalue weighted by Crippen LogP contribution is 2.24. The van der Waals surface area contributed by atoms with Crippen LogP contribution in [0.4, 0.5) is 0 Å². The van der Waals surface area contributed by atoms with Gasteiger partial charge in [-0.15, -0.1) is 0 Å². The molecule has 6 nitrogen and oxygen atoms in total. The van der Waals surface area contributed by atoms with Crippen LogP contribution in [0.1, 0.15) is 48.7 Å². The van der Waals surface area contributed by atoms with Crippen molar-refractivity contribution < 1.29 is 0 Å². The zero-order chi connectivity index (χ0) is 14.9. The van der Waals surface area contributed by atoms with Crippen molar-refractivity contribution in [1.29, 1.82) is 0 Å². The largest absolute Gasteiger partial charge is 0.313 e. The van der Waals surface area contributed by atoms with Crippen molar-refractivity contribution in [3.8, 4) is 0 Å². The summed E-state index contributed by atoms with van der Waals surface area (Å²) in [5.41, 5.74) is 3.52. The molecule has 0 radical (unpaired) electrons. The Morgan fingerprint density at radius 2 is 2.00 bits per heavy atom. The van der Waals surface area contributed by atoms with Crippen molar-refractivity contribution >= 4 is 0 Å². The first-order chi connectivity index (χ1) is 9.45. The Hall–Kier alpha value is -1.69. The minimum atomic E-state index is 0.199. The summed E-state index contributed by atoms with van der Waals surface area (Å²) >= 11 is 0. The van der Waals surface area contributed by atoms with Gasteiger partial charge in [-0.25, -0.2) is 9.67 Å². The maximum absolute atomic E-state index is 4.50. The molecular formula is C14H24N6. The summed E-state index contributed by atoms with van der Waals surface area (Å²) in [5.74, 6) is 1.00. The molecule has 1 unspecified atom stereocenters. The Labute approximate surface area is 120 Å². The van der Waals surface area contributed by atoms with Crippen LogP contribution in [0, 0.1) is 13.8 Å². The van der Waals surface area contributed by atoms with Crippen molar-refractivity contribution in [1.82, 2.24) is 29.9 Å². The molecule has 0 amide bonds. The molecule has 0 aliphatic rings. The molecule has 0 aliphatic heterocycles. The van der Waals surface area contributed by atoms with Crippen LogP contribution in [-0.4, -0.2) is 31.6 Å².